The van der Waals surface area contributed by atoms with Crippen LogP contribution in [0.15, 0.2) is 12.4 Å². The first kappa shape index (κ1) is 7.94. The fourth-order valence-corrected chi connectivity index (χ4v) is 0.652. The van der Waals surface area contributed by atoms with Gasteiger partial charge in [0.1, 0.15) is 0 Å². The number of aliphatic hydroxyl groups excluding tert-OH is 1. The molecule has 0 saturated carbocycles. The van der Waals surface area contributed by atoms with Crippen LogP contribution in [0.5, 0.6) is 0 Å². The van der Waals surface area contributed by atoms with Crippen molar-refractivity contribution in [1.82, 2.24) is 9.97 Å². The van der Waals surface area contributed by atoms with Crippen LogP contribution in [0.3, 0.4) is 0 Å². The molecule has 2 N–H and O–H groups in total. The predicted molar refractivity (Wildman–Crippen MR) is 42.3 cm³/mol. The van der Waals surface area contributed by atoms with Crippen molar-refractivity contribution in [3.8, 4) is 0 Å². The highest BCUT2D eigenvalue weighted by Gasteiger charge is 1.91. The van der Waals surface area contributed by atoms with E-state index in [4.69, 9.17) is 5.11 Å². The number of hydrogen-bond donors (Lipinski definition) is 2. The fourth-order valence-electron chi connectivity index (χ4n) is 0.652. The molecule has 4 heteroatoms. The summed E-state index contributed by atoms with van der Waals surface area (Å²) in [6, 6.07) is 0. The number of nitrogens with one attached hydrogen (secondary N) is 1. The quantitative estimate of drug-likeness (QED) is 0.650. The molecule has 1 aromatic heterocycles. The van der Waals surface area contributed by atoms with E-state index in [-0.39, 0.29) is 6.61 Å². The molecule has 0 spiro atoms. The van der Waals surface area contributed by atoms with Crippen molar-refractivity contribution in [3.63, 3.8) is 0 Å². The average molecular weight is 153 g/mol. The molecule has 60 valence electrons. The molecule has 0 unspecified atom stereocenters. The summed E-state index contributed by atoms with van der Waals surface area (Å²) in [5.74, 6) is 0.560. The van der Waals surface area contributed by atoms with Gasteiger partial charge in [-0.1, -0.05) is 0 Å². The highest BCUT2D eigenvalue weighted by Crippen LogP contribution is 1.96. The first-order chi connectivity index (χ1) is 5.33. The summed E-state index contributed by atoms with van der Waals surface area (Å²) >= 11 is 0. The summed E-state index contributed by atoms with van der Waals surface area (Å²) in [4.78, 5) is 7.96. The Morgan fingerprint density at radius 1 is 1.45 bits per heavy atom. The van der Waals surface area contributed by atoms with E-state index in [1.165, 1.54) is 0 Å². The molecular weight excluding hydrogens is 142 g/mol. The summed E-state index contributed by atoms with van der Waals surface area (Å²) < 4.78 is 0. The Labute approximate surface area is 65.3 Å². The maximum absolute atomic E-state index is 8.46. The smallest absolute Gasteiger partial charge is 0.222 e. The Morgan fingerprint density at radius 2 is 2.09 bits per heavy atom. The first-order valence-corrected chi connectivity index (χ1v) is 3.46. The van der Waals surface area contributed by atoms with Crippen LogP contribution in [-0.4, -0.2) is 28.2 Å². The molecule has 0 amide bonds. The van der Waals surface area contributed by atoms with Gasteiger partial charge in [-0.15, -0.1) is 0 Å². The van der Waals surface area contributed by atoms with Crippen LogP contribution in [-0.2, 0) is 0 Å². The summed E-state index contributed by atoms with van der Waals surface area (Å²) in [5, 5.41) is 11.3. The lowest BCUT2D eigenvalue weighted by molar-refractivity contribution is 0.311. The van der Waals surface area contributed by atoms with Crippen molar-refractivity contribution in [2.45, 2.75) is 6.92 Å². The van der Waals surface area contributed by atoms with Crippen LogP contribution >= 0.6 is 0 Å². The zero-order valence-corrected chi connectivity index (χ0v) is 6.41. The molecule has 0 aliphatic rings. The predicted octanol–water partition coefficient (Wildman–Crippen LogP) is 0.189. The van der Waals surface area contributed by atoms with Gasteiger partial charge < -0.3 is 10.4 Å². The summed E-state index contributed by atoms with van der Waals surface area (Å²) in [6.45, 7) is 2.51. The highest BCUT2D eigenvalue weighted by atomic mass is 16.3. The van der Waals surface area contributed by atoms with Crippen LogP contribution < -0.4 is 5.32 Å². The molecule has 0 saturated heterocycles. The summed E-state index contributed by atoms with van der Waals surface area (Å²) in [6.07, 6.45) is 3.46. The molecule has 0 bridgehead atoms. The number of aryl methyl sites for hydroxylation is 1. The van der Waals surface area contributed by atoms with Crippen molar-refractivity contribution in [2.24, 2.45) is 0 Å². The van der Waals surface area contributed by atoms with E-state index in [2.05, 4.69) is 15.3 Å². The zero-order valence-electron chi connectivity index (χ0n) is 6.41. The van der Waals surface area contributed by atoms with Crippen molar-refractivity contribution >= 4 is 5.95 Å². The number of nitrogens with zero attached hydrogens (tertiary/aromatic N) is 2. The van der Waals surface area contributed by atoms with E-state index < -0.39 is 0 Å². The Hall–Kier alpha value is -1.16. The van der Waals surface area contributed by atoms with Crippen molar-refractivity contribution in [1.29, 1.82) is 0 Å². The Balaban J connectivity index is 2.52. The number of rotatable bonds is 3. The van der Waals surface area contributed by atoms with Crippen LogP contribution in [0.2, 0.25) is 0 Å². The van der Waals surface area contributed by atoms with Crippen molar-refractivity contribution in [2.75, 3.05) is 18.5 Å². The van der Waals surface area contributed by atoms with Gasteiger partial charge in [-0.3, -0.25) is 0 Å². The summed E-state index contributed by atoms with van der Waals surface area (Å²) in [7, 11) is 0. The second-order valence-corrected chi connectivity index (χ2v) is 2.23. The van der Waals surface area contributed by atoms with Crippen molar-refractivity contribution < 1.29 is 5.11 Å². The first-order valence-electron chi connectivity index (χ1n) is 3.46. The van der Waals surface area contributed by atoms with E-state index in [1.807, 2.05) is 6.92 Å². The van der Waals surface area contributed by atoms with Gasteiger partial charge in [0.2, 0.25) is 5.95 Å². The molecule has 1 rings (SSSR count). The lowest BCUT2D eigenvalue weighted by Gasteiger charge is -2.00. The van der Waals surface area contributed by atoms with E-state index in [0.717, 1.165) is 5.56 Å². The zero-order chi connectivity index (χ0) is 8.10. The molecule has 0 atom stereocenters. The third-order valence-electron chi connectivity index (χ3n) is 1.18. The maximum Gasteiger partial charge on any atom is 0.222 e. The average Bonchev–Trinajstić information content (AvgIpc) is 2.04. The number of aliphatic hydroxyl groups is 1. The SMILES string of the molecule is Cc1cnc(NCCO)nc1. The highest BCUT2D eigenvalue weighted by molar-refractivity contribution is 5.23. The molecule has 1 heterocycles. The molecule has 4 nitrogen and oxygen atoms in total. The Morgan fingerprint density at radius 3 is 2.64 bits per heavy atom. The molecule has 0 aliphatic carbocycles. The number of anilines is 1. The molecule has 0 aliphatic heterocycles. The minimum Gasteiger partial charge on any atom is -0.395 e. The van der Waals surface area contributed by atoms with Gasteiger partial charge in [0.05, 0.1) is 6.61 Å². The monoisotopic (exact) mass is 153 g/mol. The fraction of sp³-hybridized carbons (Fsp3) is 0.429. The molecule has 11 heavy (non-hydrogen) atoms. The second kappa shape index (κ2) is 3.88. The topological polar surface area (TPSA) is 58.0 Å². The van der Waals surface area contributed by atoms with Crippen molar-refractivity contribution in [3.05, 3.63) is 18.0 Å². The largest absolute Gasteiger partial charge is 0.395 e. The Kier molecular flexibility index (Phi) is 2.80. The Bertz CT molecular complexity index is 209. The van der Waals surface area contributed by atoms with Gasteiger partial charge in [-0.05, 0) is 12.5 Å². The van der Waals surface area contributed by atoms with Crippen LogP contribution in [0.4, 0.5) is 5.95 Å². The number of hydrogen-bond acceptors (Lipinski definition) is 4. The third kappa shape index (κ3) is 2.51. The standard InChI is InChI=1S/C7H11N3O/c1-6-4-9-7(10-5-6)8-2-3-11/h4-5,11H,2-3H2,1H3,(H,8,9,10). The second-order valence-electron chi connectivity index (χ2n) is 2.23. The van der Waals surface area contributed by atoms with Gasteiger partial charge in [-0.25, -0.2) is 9.97 Å². The molecule has 0 aromatic carbocycles. The van der Waals surface area contributed by atoms with Crippen LogP contribution in [0.25, 0.3) is 0 Å². The van der Waals surface area contributed by atoms with E-state index >= 15 is 0 Å². The van der Waals surface area contributed by atoms with E-state index in [1.54, 1.807) is 12.4 Å². The molecular formula is C7H11N3O. The number of aromatic nitrogens is 2. The lowest BCUT2D eigenvalue weighted by Crippen LogP contribution is -2.08. The minimum absolute atomic E-state index is 0.0945. The van der Waals surface area contributed by atoms with Gasteiger partial charge in [0.25, 0.3) is 0 Å². The lowest BCUT2D eigenvalue weighted by atomic mass is 10.4. The van der Waals surface area contributed by atoms with Gasteiger partial charge in [-0.2, -0.15) is 0 Å². The third-order valence-corrected chi connectivity index (χ3v) is 1.18. The normalized spacial score (nSPS) is 9.64. The van der Waals surface area contributed by atoms with E-state index in [9.17, 15) is 0 Å². The molecule has 1 aromatic rings. The van der Waals surface area contributed by atoms with Crippen LogP contribution in [0.1, 0.15) is 5.56 Å². The molecule has 0 radical (unpaired) electrons. The minimum atomic E-state index is 0.0945. The summed E-state index contributed by atoms with van der Waals surface area (Å²) in [5.41, 5.74) is 1.03. The maximum atomic E-state index is 8.46. The molecule has 0 fully saturated rings. The van der Waals surface area contributed by atoms with Crippen LogP contribution in [0, 0.1) is 6.92 Å². The van der Waals surface area contributed by atoms with Gasteiger partial charge in [0.15, 0.2) is 0 Å². The van der Waals surface area contributed by atoms with Gasteiger partial charge >= 0.3 is 0 Å². The van der Waals surface area contributed by atoms with Gasteiger partial charge in [0, 0.05) is 18.9 Å². The van der Waals surface area contributed by atoms with E-state index in [0.29, 0.717) is 12.5 Å².